The topological polar surface area (TPSA) is 143 Å². The summed E-state index contributed by atoms with van der Waals surface area (Å²) < 4.78 is 0. The van der Waals surface area contributed by atoms with Crippen LogP contribution >= 0.6 is 23.1 Å². The van der Waals surface area contributed by atoms with Crippen molar-refractivity contribution in [1.82, 2.24) is 10.3 Å². The van der Waals surface area contributed by atoms with Crippen LogP contribution in [0.3, 0.4) is 0 Å². The van der Waals surface area contributed by atoms with Gasteiger partial charge in [-0.3, -0.25) is 24.5 Å². The highest BCUT2D eigenvalue weighted by atomic mass is 32.2. The maximum absolute atomic E-state index is 13.3. The predicted octanol–water partition coefficient (Wildman–Crippen LogP) is 5.58. The standard InChI is InChI=1S/C28H23N5O5S2/c1-18(25(34)32-28-29-14-15-39-28)40-23-9-5-8-21(17-23)30-27(36)24(31-26(35)20-6-3-2-4-7-20)16-19-10-12-22(13-11-19)33(37)38/h2-18H,1H3,(H,30,36)(H,31,35)(H,29,32,34)/b24-16+. The minimum atomic E-state index is -0.598. The van der Waals surface area contributed by atoms with Crippen LogP contribution in [0.2, 0.25) is 0 Å². The zero-order valence-corrected chi connectivity index (χ0v) is 22.7. The summed E-state index contributed by atoms with van der Waals surface area (Å²) in [5.41, 5.74) is 1.13. The number of non-ortho nitro benzene ring substituents is 1. The molecular weight excluding hydrogens is 550 g/mol. The summed E-state index contributed by atoms with van der Waals surface area (Å²) in [5.74, 6) is -1.29. The number of hydrogen-bond acceptors (Lipinski definition) is 8. The Morgan fingerprint density at radius 2 is 1.75 bits per heavy atom. The number of nitrogens with one attached hydrogen (secondary N) is 3. The first-order valence-electron chi connectivity index (χ1n) is 11.9. The lowest BCUT2D eigenvalue weighted by Gasteiger charge is -2.13. The Morgan fingerprint density at radius 3 is 2.42 bits per heavy atom. The molecule has 0 aliphatic rings. The fraction of sp³-hybridized carbons (Fsp3) is 0.0714. The van der Waals surface area contributed by atoms with Crippen LogP contribution < -0.4 is 16.0 Å². The van der Waals surface area contributed by atoms with Gasteiger partial charge in [-0.25, -0.2) is 4.98 Å². The molecule has 0 spiro atoms. The van der Waals surface area contributed by atoms with Gasteiger partial charge in [0.2, 0.25) is 5.91 Å². The third-order valence-corrected chi connectivity index (χ3v) is 7.16. The van der Waals surface area contributed by atoms with E-state index in [-0.39, 0.29) is 17.3 Å². The van der Waals surface area contributed by atoms with E-state index in [1.54, 1.807) is 67.0 Å². The molecule has 1 aromatic heterocycles. The number of thioether (sulfide) groups is 1. The maximum atomic E-state index is 13.3. The number of aromatic nitrogens is 1. The molecule has 3 amide bonds. The molecule has 12 heteroatoms. The van der Waals surface area contributed by atoms with E-state index in [1.165, 1.54) is 53.4 Å². The van der Waals surface area contributed by atoms with Gasteiger partial charge >= 0.3 is 0 Å². The number of hydrogen-bond donors (Lipinski definition) is 3. The minimum absolute atomic E-state index is 0.0584. The van der Waals surface area contributed by atoms with Gasteiger partial charge in [0.15, 0.2) is 5.13 Å². The van der Waals surface area contributed by atoms with Gasteiger partial charge in [-0.2, -0.15) is 0 Å². The Bertz CT molecular complexity index is 1540. The molecule has 202 valence electrons. The van der Waals surface area contributed by atoms with E-state index in [4.69, 9.17) is 0 Å². The largest absolute Gasteiger partial charge is 0.321 e. The fourth-order valence-corrected chi connectivity index (χ4v) is 4.85. The average molecular weight is 574 g/mol. The van der Waals surface area contributed by atoms with Crippen molar-refractivity contribution >= 4 is 63.4 Å². The fourth-order valence-electron chi connectivity index (χ4n) is 3.40. The van der Waals surface area contributed by atoms with Gasteiger partial charge in [0.05, 0.1) is 10.2 Å². The van der Waals surface area contributed by atoms with Crippen molar-refractivity contribution in [2.24, 2.45) is 0 Å². The van der Waals surface area contributed by atoms with Gasteiger partial charge in [-0.15, -0.1) is 23.1 Å². The molecule has 1 atom stereocenters. The zero-order chi connectivity index (χ0) is 28.5. The molecule has 0 aliphatic heterocycles. The molecule has 0 saturated heterocycles. The summed E-state index contributed by atoms with van der Waals surface area (Å²) in [5, 5.41) is 21.0. The first-order chi connectivity index (χ1) is 19.3. The summed E-state index contributed by atoms with van der Waals surface area (Å²) in [6.45, 7) is 1.77. The van der Waals surface area contributed by atoms with Crippen molar-refractivity contribution in [3.8, 4) is 0 Å². The van der Waals surface area contributed by atoms with Crippen LogP contribution in [0.25, 0.3) is 6.08 Å². The molecule has 0 radical (unpaired) electrons. The molecule has 3 aromatic carbocycles. The van der Waals surface area contributed by atoms with E-state index in [1.807, 2.05) is 6.07 Å². The van der Waals surface area contributed by atoms with Crippen molar-refractivity contribution in [1.29, 1.82) is 0 Å². The highest BCUT2D eigenvalue weighted by Gasteiger charge is 2.18. The third-order valence-electron chi connectivity index (χ3n) is 5.38. The summed E-state index contributed by atoms with van der Waals surface area (Å²) in [4.78, 5) is 53.9. The number of nitro groups is 1. The highest BCUT2D eigenvalue weighted by molar-refractivity contribution is 8.00. The number of amides is 3. The lowest BCUT2D eigenvalue weighted by atomic mass is 10.1. The molecule has 40 heavy (non-hydrogen) atoms. The van der Waals surface area contributed by atoms with E-state index >= 15 is 0 Å². The van der Waals surface area contributed by atoms with Crippen molar-refractivity contribution in [2.45, 2.75) is 17.1 Å². The lowest BCUT2D eigenvalue weighted by molar-refractivity contribution is -0.384. The predicted molar refractivity (Wildman–Crippen MR) is 156 cm³/mol. The molecule has 0 fully saturated rings. The molecule has 0 bridgehead atoms. The average Bonchev–Trinajstić information content (AvgIpc) is 3.46. The van der Waals surface area contributed by atoms with Crippen molar-refractivity contribution in [3.63, 3.8) is 0 Å². The summed E-state index contributed by atoms with van der Waals surface area (Å²) >= 11 is 2.64. The number of rotatable bonds is 10. The number of carbonyl (C=O) groups excluding carboxylic acids is 3. The van der Waals surface area contributed by atoms with Crippen molar-refractivity contribution in [3.05, 3.63) is 117 Å². The Balaban J connectivity index is 1.51. The second-order valence-corrected chi connectivity index (χ2v) is 10.6. The molecule has 0 saturated carbocycles. The zero-order valence-electron chi connectivity index (χ0n) is 21.1. The first-order valence-corrected chi connectivity index (χ1v) is 13.7. The van der Waals surface area contributed by atoms with Crippen LogP contribution in [0.15, 0.2) is 101 Å². The number of benzene rings is 3. The minimum Gasteiger partial charge on any atom is -0.321 e. The molecule has 1 heterocycles. The summed E-state index contributed by atoms with van der Waals surface area (Å²) in [6, 6.07) is 21.0. The highest BCUT2D eigenvalue weighted by Crippen LogP contribution is 2.27. The molecule has 0 aliphatic carbocycles. The van der Waals surface area contributed by atoms with E-state index in [0.29, 0.717) is 21.9 Å². The van der Waals surface area contributed by atoms with Crippen LogP contribution in [0.1, 0.15) is 22.8 Å². The number of anilines is 2. The van der Waals surface area contributed by atoms with Gasteiger partial charge in [0.25, 0.3) is 17.5 Å². The van der Waals surface area contributed by atoms with Crippen LogP contribution in [0, 0.1) is 10.1 Å². The smallest absolute Gasteiger partial charge is 0.272 e. The van der Waals surface area contributed by atoms with Gasteiger partial charge in [0.1, 0.15) is 5.70 Å². The number of carbonyl (C=O) groups is 3. The van der Waals surface area contributed by atoms with Gasteiger partial charge in [-0.05, 0) is 61.0 Å². The van der Waals surface area contributed by atoms with Crippen LogP contribution in [0.5, 0.6) is 0 Å². The molecule has 4 rings (SSSR count). The summed E-state index contributed by atoms with van der Waals surface area (Å²) in [6.07, 6.45) is 3.04. The van der Waals surface area contributed by atoms with Gasteiger partial charge < -0.3 is 16.0 Å². The van der Waals surface area contributed by atoms with Crippen LogP contribution in [-0.2, 0) is 9.59 Å². The quantitative estimate of drug-likeness (QED) is 0.0972. The molecule has 3 N–H and O–H groups in total. The van der Waals surface area contributed by atoms with E-state index in [9.17, 15) is 24.5 Å². The second-order valence-electron chi connectivity index (χ2n) is 8.30. The van der Waals surface area contributed by atoms with Crippen molar-refractivity contribution in [2.75, 3.05) is 10.6 Å². The van der Waals surface area contributed by atoms with E-state index in [0.717, 1.165) is 4.90 Å². The maximum Gasteiger partial charge on any atom is 0.272 e. The molecule has 10 nitrogen and oxygen atoms in total. The number of thiazole rings is 1. The second kappa shape index (κ2) is 13.3. The molecule has 1 unspecified atom stereocenters. The first kappa shape index (κ1) is 28.2. The Kier molecular flexibility index (Phi) is 9.39. The van der Waals surface area contributed by atoms with Crippen molar-refractivity contribution < 1.29 is 19.3 Å². The SMILES string of the molecule is CC(Sc1cccc(NC(=O)/C(=C\c2ccc([N+](=O)[O-])cc2)NC(=O)c2ccccc2)c1)C(=O)Nc1nccs1. The van der Waals surface area contributed by atoms with E-state index < -0.39 is 22.0 Å². The van der Waals surface area contributed by atoms with E-state index in [2.05, 4.69) is 20.9 Å². The van der Waals surface area contributed by atoms with Gasteiger partial charge in [-0.1, -0.05) is 24.3 Å². The Labute approximate surface area is 237 Å². The normalized spacial score (nSPS) is 11.8. The number of nitrogens with zero attached hydrogens (tertiary/aromatic N) is 2. The van der Waals surface area contributed by atoms with Gasteiger partial charge in [0, 0.05) is 39.9 Å². The van der Waals surface area contributed by atoms with Crippen LogP contribution in [0.4, 0.5) is 16.5 Å². The summed E-state index contributed by atoms with van der Waals surface area (Å²) in [7, 11) is 0. The monoisotopic (exact) mass is 573 g/mol. The number of nitro benzene ring substituents is 1. The third kappa shape index (κ3) is 7.85. The lowest BCUT2D eigenvalue weighted by Crippen LogP contribution is -2.30. The Hall–Kier alpha value is -4.81. The molecular formula is C28H23N5O5S2. The van der Waals surface area contributed by atoms with Crippen LogP contribution in [-0.4, -0.2) is 32.9 Å². The molecule has 4 aromatic rings. The Morgan fingerprint density at radius 1 is 1.00 bits per heavy atom.